The minimum Gasteiger partial charge on any atom is -0.456 e. The lowest BCUT2D eigenvalue weighted by Crippen LogP contribution is -2.15. The summed E-state index contributed by atoms with van der Waals surface area (Å²) in [6, 6.07) is 59.6. The quantitative estimate of drug-likeness (QED) is 0.193. The van der Waals surface area contributed by atoms with Crippen LogP contribution in [0.25, 0.3) is 65.7 Å². The summed E-state index contributed by atoms with van der Waals surface area (Å²) in [4.78, 5) is 2.44. The first kappa shape index (κ1) is 27.9. The van der Waals surface area contributed by atoms with Gasteiger partial charge in [-0.2, -0.15) is 0 Å². The molecule has 0 aliphatic heterocycles. The molecule has 1 heterocycles. The molecular weight excluding hydrogens is 595 g/mol. The van der Waals surface area contributed by atoms with E-state index in [0.29, 0.717) is 0 Å². The molecule has 0 atom stereocenters. The van der Waals surface area contributed by atoms with Crippen molar-refractivity contribution in [1.29, 1.82) is 0 Å². The van der Waals surface area contributed by atoms with Crippen LogP contribution in [-0.2, 0) is 5.41 Å². The van der Waals surface area contributed by atoms with Gasteiger partial charge in [-0.3, -0.25) is 0 Å². The van der Waals surface area contributed by atoms with E-state index in [1.165, 1.54) is 54.9 Å². The van der Waals surface area contributed by atoms with Gasteiger partial charge >= 0.3 is 0 Å². The van der Waals surface area contributed by atoms with Crippen LogP contribution in [0.2, 0.25) is 0 Å². The lowest BCUT2D eigenvalue weighted by Gasteiger charge is -2.29. The molecular formula is C47H33NO. The number of nitrogens with zero attached hydrogens (tertiary/aromatic N) is 1. The largest absolute Gasteiger partial charge is 0.456 e. The Morgan fingerprint density at radius 3 is 1.90 bits per heavy atom. The monoisotopic (exact) mass is 627 g/mol. The van der Waals surface area contributed by atoms with Gasteiger partial charge in [-0.15, -0.1) is 0 Å². The van der Waals surface area contributed by atoms with Crippen LogP contribution in [-0.4, -0.2) is 0 Å². The molecule has 0 spiro atoms. The first-order valence-corrected chi connectivity index (χ1v) is 17.0. The van der Waals surface area contributed by atoms with Crippen molar-refractivity contribution >= 4 is 60.5 Å². The third-order valence-electron chi connectivity index (χ3n) is 10.6. The molecule has 0 fully saturated rings. The van der Waals surface area contributed by atoms with Gasteiger partial charge in [0, 0.05) is 33.1 Å². The van der Waals surface area contributed by atoms with E-state index in [4.69, 9.17) is 4.42 Å². The van der Waals surface area contributed by atoms with Crippen LogP contribution in [0.1, 0.15) is 25.0 Å². The highest BCUT2D eigenvalue weighted by atomic mass is 16.3. The average molecular weight is 628 g/mol. The summed E-state index contributed by atoms with van der Waals surface area (Å²) < 4.78 is 6.45. The summed E-state index contributed by atoms with van der Waals surface area (Å²) in [5.41, 5.74) is 12.8. The van der Waals surface area contributed by atoms with Crippen molar-refractivity contribution in [3.05, 3.63) is 175 Å². The summed E-state index contributed by atoms with van der Waals surface area (Å²) >= 11 is 0. The SMILES string of the molecule is CC1(C)c2ccccc2-c2cc(N(c3ccc4oc5cc6ccccc6cc5c4c3)c3ccccc3-c3cccc4ccccc34)ccc21. The average Bonchev–Trinajstić information content (AvgIpc) is 3.61. The molecule has 232 valence electrons. The Morgan fingerprint density at radius 2 is 1.02 bits per heavy atom. The molecule has 9 aromatic rings. The van der Waals surface area contributed by atoms with E-state index in [1.807, 2.05) is 0 Å². The maximum absolute atomic E-state index is 6.45. The Morgan fingerprint density at radius 1 is 0.408 bits per heavy atom. The number of furan rings is 1. The molecule has 10 rings (SSSR count). The molecule has 2 nitrogen and oxygen atoms in total. The first-order chi connectivity index (χ1) is 24.0. The predicted octanol–water partition coefficient (Wildman–Crippen LogP) is 13.3. The fraction of sp³-hybridized carbons (Fsp3) is 0.0638. The van der Waals surface area contributed by atoms with Crippen molar-refractivity contribution in [2.75, 3.05) is 4.90 Å². The van der Waals surface area contributed by atoms with Crippen LogP contribution in [0, 0.1) is 0 Å². The number of rotatable bonds is 4. The number of hydrogen-bond donors (Lipinski definition) is 0. The van der Waals surface area contributed by atoms with Crippen molar-refractivity contribution in [2.24, 2.45) is 0 Å². The van der Waals surface area contributed by atoms with E-state index in [2.05, 4.69) is 183 Å². The number of benzene rings is 8. The van der Waals surface area contributed by atoms with Crippen LogP contribution < -0.4 is 4.90 Å². The number of fused-ring (bicyclic) bond motifs is 8. The summed E-state index contributed by atoms with van der Waals surface area (Å²) in [6.07, 6.45) is 0. The fourth-order valence-electron chi connectivity index (χ4n) is 8.22. The van der Waals surface area contributed by atoms with E-state index in [9.17, 15) is 0 Å². The van der Waals surface area contributed by atoms with Crippen LogP contribution in [0.5, 0.6) is 0 Å². The van der Waals surface area contributed by atoms with Crippen LogP contribution >= 0.6 is 0 Å². The molecule has 0 unspecified atom stereocenters. The highest BCUT2D eigenvalue weighted by Gasteiger charge is 2.35. The molecule has 0 saturated heterocycles. The summed E-state index contributed by atoms with van der Waals surface area (Å²) in [7, 11) is 0. The van der Waals surface area contributed by atoms with Crippen molar-refractivity contribution in [3.8, 4) is 22.3 Å². The number of anilines is 3. The third kappa shape index (κ3) is 4.20. The Hall–Kier alpha value is -6.12. The molecule has 1 aliphatic carbocycles. The minimum atomic E-state index is -0.0620. The van der Waals surface area contributed by atoms with Crippen LogP contribution in [0.3, 0.4) is 0 Å². The van der Waals surface area contributed by atoms with E-state index in [-0.39, 0.29) is 5.41 Å². The summed E-state index contributed by atoms with van der Waals surface area (Å²) in [5, 5.41) is 7.10. The van der Waals surface area contributed by atoms with Crippen LogP contribution in [0.4, 0.5) is 17.1 Å². The lowest BCUT2D eigenvalue weighted by molar-refractivity contribution is 0.660. The van der Waals surface area contributed by atoms with Gasteiger partial charge < -0.3 is 9.32 Å². The second-order valence-corrected chi connectivity index (χ2v) is 13.8. The van der Waals surface area contributed by atoms with Gasteiger partial charge in [0.15, 0.2) is 0 Å². The van der Waals surface area contributed by atoms with Crippen molar-refractivity contribution in [2.45, 2.75) is 19.3 Å². The van der Waals surface area contributed by atoms with Gasteiger partial charge in [0.2, 0.25) is 0 Å². The van der Waals surface area contributed by atoms with E-state index < -0.39 is 0 Å². The molecule has 8 aromatic carbocycles. The van der Waals surface area contributed by atoms with Gasteiger partial charge in [0.05, 0.1) is 5.69 Å². The van der Waals surface area contributed by atoms with E-state index in [1.54, 1.807) is 0 Å². The van der Waals surface area contributed by atoms with Crippen molar-refractivity contribution in [1.82, 2.24) is 0 Å². The zero-order chi connectivity index (χ0) is 32.7. The first-order valence-electron chi connectivity index (χ1n) is 17.0. The maximum atomic E-state index is 6.45. The highest BCUT2D eigenvalue weighted by molar-refractivity contribution is 6.11. The smallest absolute Gasteiger partial charge is 0.136 e. The molecule has 49 heavy (non-hydrogen) atoms. The molecule has 0 saturated carbocycles. The number of para-hydroxylation sites is 1. The number of hydrogen-bond acceptors (Lipinski definition) is 2. The Balaban J connectivity index is 1.24. The lowest BCUT2D eigenvalue weighted by atomic mass is 9.82. The Bertz CT molecular complexity index is 2760. The van der Waals surface area contributed by atoms with E-state index in [0.717, 1.165) is 39.0 Å². The molecule has 0 radical (unpaired) electrons. The third-order valence-corrected chi connectivity index (χ3v) is 10.6. The zero-order valence-electron chi connectivity index (χ0n) is 27.4. The van der Waals surface area contributed by atoms with Crippen LogP contribution in [0.15, 0.2) is 168 Å². The topological polar surface area (TPSA) is 16.4 Å². The second kappa shape index (κ2) is 10.4. The fourth-order valence-corrected chi connectivity index (χ4v) is 8.22. The normalized spacial score (nSPS) is 13.3. The zero-order valence-corrected chi connectivity index (χ0v) is 27.4. The Labute approximate surface area is 285 Å². The van der Waals surface area contributed by atoms with Gasteiger partial charge in [-0.1, -0.05) is 129 Å². The van der Waals surface area contributed by atoms with Gasteiger partial charge in [-0.25, -0.2) is 0 Å². The molecule has 2 heteroatoms. The summed E-state index contributed by atoms with van der Waals surface area (Å²) in [6.45, 7) is 4.68. The molecule has 0 N–H and O–H groups in total. The second-order valence-electron chi connectivity index (χ2n) is 13.8. The van der Waals surface area contributed by atoms with Gasteiger partial charge in [-0.05, 0) is 97.9 Å². The van der Waals surface area contributed by atoms with Gasteiger partial charge in [0.1, 0.15) is 11.2 Å². The predicted molar refractivity (Wildman–Crippen MR) is 206 cm³/mol. The molecule has 1 aliphatic rings. The summed E-state index contributed by atoms with van der Waals surface area (Å²) in [5.74, 6) is 0. The Kier molecular flexibility index (Phi) is 5.95. The minimum absolute atomic E-state index is 0.0620. The highest BCUT2D eigenvalue weighted by Crippen LogP contribution is 2.51. The molecule has 0 bridgehead atoms. The van der Waals surface area contributed by atoms with Gasteiger partial charge in [0.25, 0.3) is 0 Å². The molecule has 0 amide bonds. The van der Waals surface area contributed by atoms with Crippen molar-refractivity contribution in [3.63, 3.8) is 0 Å². The van der Waals surface area contributed by atoms with Crippen molar-refractivity contribution < 1.29 is 4.42 Å². The van der Waals surface area contributed by atoms with E-state index >= 15 is 0 Å². The molecule has 1 aromatic heterocycles. The standard InChI is InChI=1S/C47H33NO/c1-47(2)42-20-9-7-17-37(42)39-28-33(22-24-43(39)47)48(44-21-10-8-18-38(44)36-19-11-15-30-12-5-6-16-35(30)36)34-23-25-45-41(29-34)40-26-31-13-3-4-14-32(31)27-46(40)49-45/h3-29H,1-2H3. The maximum Gasteiger partial charge on any atom is 0.136 e.